The SMILES string of the molecule is Cl.NC1(C(=O)NC2CCN(c3ccccc3)C2=O)CCCCC1. The van der Waals surface area contributed by atoms with Crippen molar-refractivity contribution in [3.05, 3.63) is 30.3 Å². The molecule has 1 atom stereocenters. The molecule has 126 valence electrons. The maximum atomic E-state index is 12.5. The molecule has 23 heavy (non-hydrogen) atoms. The minimum atomic E-state index is -0.793. The molecule has 3 N–H and O–H groups in total. The Kier molecular flexibility index (Phi) is 5.65. The van der Waals surface area contributed by atoms with Crippen LogP contribution in [0.3, 0.4) is 0 Å². The van der Waals surface area contributed by atoms with Gasteiger partial charge < -0.3 is 16.0 Å². The third-order valence-corrected chi connectivity index (χ3v) is 4.78. The van der Waals surface area contributed by atoms with Crippen LogP contribution in [0, 0.1) is 0 Å². The first-order valence-corrected chi connectivity index (χ1v) is 8.06. The lowest BCUT2D eigenvalue weighted by atomic mass is 9.81. The van der Waals surface area contributed by atoms with Gasteiger partial charge in [0, 0.05) is 12.2 Å². The van der Waals surface area contributed by atoms with Crippen molar-refractivity contribution in [2.24, 2.45) is 5.73 Å². The van der Waals surface area contributed by atoms with Crippen LogP contribution >= 0.6 is 12.4 Å². The van der Waals surface area contributed by atoms with E-state index in [0.717, 1.165) is 24.9 Å². The number of hydrogen-bond acceptors (Lipinski definition) is 3. The van der Waals surface area contributed by atoms with E-state index in [1.54, 1.807) is 4.90 Å². The van der Waals surface area contributed by atoms with Crippen LogP contribution in [0.4, 0.5) is 5.69 Å². The molecule has 1 unspecified atom stereocenters. The van der Waals surface area contributed by atoms with Crippen molar-refractivity contribution in [1.29, 1.82) is 0 Å². The second-order valence-electron chi connectivity index (χ2n) is 6.36. The molecule has 2 amide bonds. The summed E-state index contributed by atoms with van der Waals surface area (Å²) in [5, 5.41) is 2.88. The first-order valence-electron chi connectivity index (χ1n) is 8.06. The van der Waals surface area contributed by atoms with Crippen LogP contribution in [0.25, 0.3) is 0 Å². The van der Waals surface area contributed by atoms with Crippen LogP contribution in [-0.4, -0.2) is 29.9 Å². The van der Waals surface area contributed by atoms with Crippen LogP contribution in [0.2, 0.25) is 0 Å². The van der Waals surface area contributed by atoms with Crippen LogP contribution in [0.15, 0.2) is 30.3 Å². The molecule has 2 aliphatic rings. The van der Waals surface area contributed by atoms with Gasteiger partial charge in [0.2, 0.25) is 11.8 Å². The number of benzene rings is 1. The van der Waals surface area contributed by atoms with E-state index in [2.05, 4.69) is 5.32 Å². The van der Waals surface area contributed by atoms with Gasteiger partial charge in [-0.1, -0.05) is 37.5 Å². The molecule has 3 rings (SSSR count). The Morgan fingerprint density at radius 2 is 1.83 bits per heavy atom. The van der Waals surface area contributed by atoms with E-state index in [9.17, 15) is 9.59 Å². The summed E-state index contributed by atoms with van der Waals surface area (Å²) < 4.78 is 0. The Hall–Kier alpha value is -1.59. The minimum absolute atomic E-state index is 0. The number of carbonyl (C=O) groups excluding carboxylic acids is 2. The van der Waals surface area contributed by atoms with E-state index in [0.29, 0.717) is 25.8 Å². The van der Waals surface area contributed by atoms with Crippen LogP contribution in [0.1, 0.15) is 38.5 Å². The average molecular weight is 338 g/mol. The molecule has 0 aromatic heterocycles. The van der Waals surface area contributed by atoms with Crippen molar-refractivity contribution < 1.29 is 9.59 Å². The first-order chi connectivity index (χ1) is 10.6. The van der Waals surface area contributed by atoms with Crippen LogP contribution in [0.5, 0.6) is 0 Å². The summed E-state index contributed by atoms with van der Waals surface area (Å²) in [5.74, 6) is -0.209. The smallest absolute Gasteiger partial charge is 0.249 e. The third-order valence-electron chi connectivity index (χ3n) is 4.78. The Morgan fingerprint density at radius 1 is 1.17 bits per heavy atom. The number of nitrogens with one attached hydrogen (secondary N) is 1. The molecular formula is C17H24ClN3O2. The predicted molar refractivity (Wildman–Crippen MR) is 92.6 cm³/mol. The largest absolute Gasteiger partial charge is 0.343 e. The fraction of sp³-hybridized carbons (Fsp3) is 0.529. The van der Waals surface area contributed by atoms with Gasteiger partial charge in [0.15, 0.2) is 0 Å². The number of para-hydroxylation sites is 1. The fourth-order valence-electron chi connectivity index (χ4n) is 3.39. The lowest BCUT2D eigenvalue weighted by Crippen LogP contribution is -2.58. The van der Waals surface area contributed by atoms with E-state index in [1.807, 2.05) is 30.3 Å². The fourth-order valence-corrected chi connectivity index (χ4v) is 3.39. The van der Waals surface area contributed by atoms with E-state index in [-0.39, 0.29) is 24.2 Å². The highest BCUT2D eigenvalue weighted by atomic mass is 35.5. The van der Waals surface area contributed by atoms with Gasteiger partial charge in [-0.25, -0.2) is 0 Å². The van der Waals surface area contributed by atoms with E-state index >= 15 is 0 Å². The second kappa shape index (κ2) is 7.32. The van der Waals surface area contributed by atoms with Crippen molar-refractivity contribution in [3.63, 3.8) is 0 Å². The van der Waals surface area contributed by atoms with Crippen molar-refractivity contribution in [3.8, 4) is 0 Å². The average Bonchev–Trinajstić information content (AvgIpc) is 2.90. The Morgan fingerprint density at radius 3 is 2.48 bits per heavy atom. The number of anilines is 1. The number of halogens is 1. The Balaban J connectivity index is 0.00000192. The number of nitrogens with two attached hydrogens (primary N) is 1. The summed E-state index contributed by atoms with van der Waals surface area (Å²) in [4.78, 5) is 26.7. The Labute approximate surface area is 143 Å². The quantitative estimate of drug-likeness (QED) is 0.885. The third kappa shape index (κ3) is 3.67. The van der Waals surface area contributed by atoms with E-state index in [4.69, 9.17) is 5.73 Å². The zero-order valence-corrected chi connectivity index (χ0v) is 14.0. The zero-order valence-electron chi connectivity index (χ0n) is 13.2. The van der Waals surface area contributed by atoms with Crippen molar-refractivity contribution in [2.75, 3.05) is 11.4 Å². The molecule has 0 bridgehead atoms. The number of hydrogen-bond donors (Lipinski definition) is 2. The van der Waals surface area contributed by atoms with Crippen molar-refractivity contribution >= 4 is 29.9 Å². The number of carbonyl (C=O) groups is 2. The highest BCUT2D eigenvalue weighted by Crippen LogP contribution is 2.27. The molecule has 1 heterocycles. The summed E-state index contributed by atoms with van der Waals surface area (Å²) in [6.45, 7) is 0.630. The van der Waals surface area contributed by atoms with Crippen molar-refractivity contribution in [1.82, 2.24) is 5.32 Å². The number of amides is 2. The molecule has 5 nitrogen and oxygen atoms in total. The van der Waals surface area contributed by atoms with Gasteiger partial charge in [0.05, 0.1) is 5.54 Å². The second-order valence-corrected chi connectivity index (χ2v) is 6.36. The van der Waals surface area contributed by atoms with Gasteiger partial charge >= 0.3 is 0 Å². The zero-order chi connectivity index (χ0) is 15.6. The first kappa shape index (κ1) is 17.8. The lowest BCUT2D eigenvalue weighted by molar-refractivity contribution is -0.131. The number of rotatable bonds is 3. The van der Waals surface area contributed by atoms with Crippen LogP contribution < -0.4 is 16.0 Å². The predicted octanol–water partition coefficient (Wildman–Crippen LogP) is 1.99. The molecule has 1 aliphatic heterocycles. The molecule has 1 aromatic carbocycles. The Bertz CT molecular complexity index is 558. The van der Waals surface area contributed by atoms with E-state index < -0.39 is 11.6 Å². The highest BCUT2D eigenvalue weighted by Gasteiger charge is 2.40. The standard InChI is InChI=1S/C17H23N3O2.ClH/c18-17(10-5-2-6-11-17)16(22)19-14-9-12-20(15(14)21)13-7-3-1-4-8-13;/h1,3-4,7-8,14H,2,5-6,9-12,18H2,(H,19,22);1H. The molecular weight excluding hydrogens is 314 g/mol. The van der Waals surface area contributed by atoms with E-state index in [1.165, 1.54) is 0 Å². The van der Waals surface area contributed by atoms with Gasteiger partial charge in [-0.2, -0.15) is 0 Å². The molecule has 1 saturated carbocycles. The molecule has 1 saturated heterocycles. The van der Waals surface area contributed by atoms with Gasteiger partial charge in [-0.05, 0) is 31.4 Å². The normalized spacial score (nSPS) is 23.3. The number of nitrogens with zero attached hydrogens (tertiary/aromatic N) is 1. The van der Waals surface area contributed by atoms with Gasteiger partial charge in [0.25, 0.3) is 0 Å². The molecule has 1 aromatic rings. The molecule has 1 aliphatic carbocycles. The highest BCUT2D eigenvalue weighted by molar-refractivity contribution is 6.02. The topological polar surface area (TPSA) is 75.4 Å². The maximum Gasteiger partial charge on any atom is 0.249 e. The maximum absolute atomic E-state index is 12.5. The van der Waals surface area contributed by atoms with Gasteiger partial charge in [0.1, 0.15) is 6.04 Å². The van der Waals surface area contributed by atoms with Gasteiger partial charge in [-0.15, -0.1) is 12.4 Å². The summed E-state index contributed by atoms with van der Waals surface area (Å²) in [7, 11) is 0. The minimum Gasteiger partial charge on any atom is -0.343 e. The van der Waals surface area contributed by atoms with Crippen molar-refractivity contribution in [2.45, 2.75) is 50.1 Å². The summed E-state index contributed by atoms with van der Waals surface area (Å²) in [6, 6.07) is 9.11. The monoisotopic (exact) mass is 337 g/mol. The summed E-state index contributed by atoms with van der Waals surface area (Å²) >= 11 is 0. The molecule has 2 fully saturated rings. The van der Waals surface area contributed by atoms with Crippen LogP contribution in [-0.2, 0) is 9.59 Å². The molecule has 0 spiro atoms. The lowest BCUT2D eigenvalue weighted by Gasteiger charge is -2.32. The van der Waals surface area contributed by atoms with Gasteiger partial charge in [-0.3, -0.25) is 9.59 Å². The molecule has 0 radical (unpaired) electrons. The molecule has 6 heteroatoms. The summed E-state index contributed by atoms with van der Waals surface area (Å²) in [5.41, 5.74) is 6.32. The summed E-state index contributed by atoms with van der Waals surface area (Å²) in [6.07, 6.45) is 5.16.